The third kappa shape index (κ3) is 3.67. The largest absolute Gasteiger partial charge is 0.480 e. The number of fused-ring (bicyclic) bond motifs is 1. The van der Waals surface area contributed by atoms with E-state index in [1.165, 1.54) is 10.5 Å². The molecule has 7 heteroatoms. The standard InChI is InChI=1S/C17H24N4O3/c18-14(17(23)24)10-21-9-12(16(21)22)3-1-5-13-7-6-11-4-2-8-19-15(11)20-13/h6-7,12,14H,1-5,8-10,18H2,(H,19,20)(H,23,24). The average Bonchev–Trinajstić information content (AvgIpc) is 2.59. The van der Waals surface area contributed by atoms with Crippen LogP contribution >= 0.6 is 0 Å². The molecule has 130 valence electrons. The van der Waals surface area contributed by atoms with Gasteiger partial charge in [0.1, 0.15) is 11.9 Å². The maximum atomic E-state index is 12.0. The third-order valence-corrected chi connectivity index (χ3v) is 4.77. The maximum Gasteiger partial charge on any atom is 0.322 e. The van der Waals surface area contributed by atoms with Gasteiger partial charge in [0.2, 0.25) is 5.91 Å². The number of carboxylic acid groups (broad SMARTS) is 1. The van der Waals surface area contributed by atoms with Gasteiger partial charge >= 0.3 is 5.97 Å². The summed E-state index contributed by atoms with van der Waals surface area (Å²) in [5.41, 5.74) is 7.80. The van der Waals surface area contributed by atoms with Crippen molar-refractivity contribution in [1.29, 1.82) is 0 Å². The van der Waals surface area contributed by atoms with Gasteiger partial charge in [-0.3, -0.25) is 9.59 Å². The van der Waals surface area contributed by atoms with E-state index in [4.69, 9.17) is 10.8 Å². The normalized spacial score (nSPS) is 20.8. The van der Waals surface area contributed by atoms with E-state index in [0.29, 0.717) is 6.54 Å². The lowest BCUT2D eigenvalue weighted by molar-refractivity contribution is -0.150. The predicted molar refractivity (Wildman–Crippen MR) is 89.7 cm³/mol. The van der Waals surface area contributed by atoms with Crippen LogP contribution in [-0.2, 0) is 22.4 Å². The van der Waals surface area contributed by atoms with Gasteiger partial charge in [-0.15, -0.1) is 0 Å². The summed E-state index contributed by atoms with van der Waals surface area (Å²) in [6.45, 7) is 1.69. The van der Waals surface area contributed by atoms with Gasteiger partial charge in [0.25, 0.3) is 0 Å². The molecule has 0 radical (unpaired) electrons. The highest BCUT2D eigenvalue weighted by molar-refractivity contribution is 5.85. The first kappa shape index (κ1) is 16.7. The molecule has 1 fully saturated rings. The van der Waals surface area contributed by atoms with Gasteiger partial charge in [0.05, 0.1) is 5.92 Å². The van der Waals surface area contributed by atoms with Crippen molar-refractivity contribution in [3.63, 3.8) is 0 Å². The third-order valence-electron chi connectivity index (χ3n) is 4.77. The topological polar surface area (TPSA) is 109 Å². The minimum atomic E-state index is -1.07. The highest BCUT2D eigenvalue weighted by Crippen LogP contribution is 2.24. The number of aromatic nitrogens is 1. The quantitative estimate of drug-likeness (QED) is 0.632. The summed E-state index contributed by atoms with van der Waals surface area (Å²) in [5.74, 6) is -0.0424. The molecule has 0 aliphatic carbocycles. The minimum absolute atomic E-state index is 0.00162. The first-order chi connectivity index (χ1) is 11.5. The fraction of sp³-hybridized carbons (Fsp3) is 0.588. The van der Waals surface area contributed by atoms with Crippen LogP contribution in [0.25, 0.3) is 0 Å². The number of likely N-dealkylation sites (tertiary alicyclic amines) is 1. The molecule has 1 aromatic heterocycles. The maximum absolute atomic E-state index is 12.0. The molecule has 0 aromatic carbocycles. The lowest BCUT2D eigenvalue weighted by Gasteiger charge is -2.39. The number of nitrogens with two attached hydrogens (primary N) is 1. The van der Waals surface area contributed by atoms with Crippen molar-refractivity contribution in [2.24, 2.45) is 11.7 Å². The van der Waals surface area contributed by atoms with Gasteiger partial charge in [-0.25, -0.2) is 4.98 Å². The molecule has 2 unspecified atom stereocenters. The molecule has 24 heavy (non-hydrogen) atoms. The van der Waals surface area contributed by atoms with E-state index in [-0.39, 0.29) is 18.4 Å². The van der Waals surface area contributed by atoms with Gasteiger partial charge in [0, 0.05) is 25.3 Å². The highest BCUT2D eigenvalue weighted by Gasteiger charge is 2.37. The number of β-lactam (4-membered cyclic amide) rings is 1. The summed E-state index contributed by atoms with van der Waals surface area (Å²) < 4.78 is 0. The second-order valence-electron chi connectivity index (χ2n) is 6.62. The van der Waals surface area contributed by atoms with Crippen molar-refractivity contribution in [2.45, 2.75) is 38.1 Å². The van der Waals surface area contributed by atoms with Crippen molar-refractivity contribution >= 4 is 17.7 Å². The molecule has 1 amide bonds. The molecule has 0 saturated carbocycles. The number of carbonyl (C=O) groups is 2. The number of pyridine rings is 1. The Bertz CT molecular complexity index is 634. The fourth-order valence-electron chi connectivity index (χ4n) is 3.31. The van der Waals surface area contributed by atoms with E-state index in [1.54, 1.807) is 0 Å². The summed E-state index contributed by atoms with van der Waals surface area (Å²) in [5, 5.41) is 12.1. The molecule has 0 bridgehead atoms. The van der Waals surface area contributed by atoms with E-state index in [0.717, 1.165) is 50.2 Å². The number of anilines is 1. The Morgan fingerprint density at radius 2 is 2.33 bits per heavy atom. The smallest absolute Gasteiger partial charge is 0.322 e. The number of carbonyl (C=O) groups excluding carboxylic acids is 1. The van der Waals surface area contributed by atoms with Crippen LogP contribution in [0.2, 0.25) is 0 Å². The number of aliphatic carboxylic acids is 1. The number of nitrogens with one attached hydrogen (secondary N) is 1. The average molecular weight is 332 g/mol. The first-order valence-corrected chi connectivity index (χ1v) is 8.54. The minimum Gasteiger partial charge on any atom is -0.480 e. The van der Waals surface area contributed by atoms with Crippen LogP contribution < -0.4 is 11.1 Å². The molecule has 1 aromatic rings. The van der Waals surface area contributed by atoms with E-state index in [9.17, 15) is 9.59 Å². The van der Waals surface area contributed by atoms with Gasteiger partial charge in [-0.05, 0) is 43.7 Å². The SMILES string of the molecule is NC(CN1CC(CCCc2ccc3c(n2)NCCC3)C1=O)C(=O)O. The van der Waals surface area contributed by atoms with Gasteiger partial charge in [-0.2, -0.15) is 0 Å². The number of amides is 1. The Morgan fingerprint density at radius 1 is 1.50 bits per heavy atom. The van der Waals surface area contributed by atoms with Crippen molar-refractivity contribution < 1.29 is 14.7 Å². The monoisotopic (exact) mass is 332 g/mol. The number of nitrogens with zero attached hydrogens (tertiary/aromatic N) is 2. The first-order valence-electron chi connectivity index (χ1n) is 8.54. The predicted octanol–water partition coefficient (Wildman–Crippen LogP) is 0.633. The highest BCUT2D eigenvalue weighted by atomic mass is 16.4. The number of aryl methyl sites for hydroxylation is 2. The van der Waals surface area contributed by atoms with Crippen LogP contribution in [0.3, 0.4) is 0 Å². The Balaban J connectivity index is 1.41. The number of hydrogen-bond acceptors (Lipinski definition) is 5. The van der Waals surface area contributed by atoms with Gasteiger partial charge in [0.15, 0.2) is 0 Å². The lowest BCUT2D eigenvalue weighted by Crippen LogP contribution is -2.57. The Hall–Kier alpha value is -2.15. The van der Waals surface area contributed by atoms with Crippen LogP contribution in [0.5, 0.6) is 0 Å². The molecule has 2 aliphatic heterocycles. The lowest BCUT2D eigenvalue weighted by atomic mass is 9.91. The summed E-state index contributed by atoms with van der Waals surface area (Å²) in [7, 11) is 0. The molecule has 1 saturated heterocycles. The Labute approximate surface area is 141 Å². The van der Waals surface area contributed by atoms with Gasteiger partial charge < -0.3 is 21.1 Å². The van der Waals surface area contributed by atoms with E-state index in [2.05, 4.69) is 22.4 Å². The molecule has 7 nitrogen and oxygen atoms in total. The van der Waals surface area contributed by atoms with Crippen LogP contribution in [0.4, 0.5) is 5.82 Å². The number of carboxylic acids is 1. The Morgan fingerprint density at radius 3 is 3.08 bits per heavy atom. The molecule has 2 aliphatic rings. The van der Waals surface area contributed by atoms with Gasteiger partial charge in [-0.1, -0.05) is 6.07 Å². The molecular weight excluding hydrogens is 308 g/mol. The molecule has 3 rings (SSSR count). The molecule has 0 spiro atoms. The van der Waals surface area contributed by atoms with Crippen LogP contribution in [0.1, 0.15) is 30.5 Å². The summed E-state index contributed by atoms with van der Waals surface area (Å²) in [6, 6.07) is 3.22. The van der Waals surface area contributed by atoms with Crippen LogP contribution in [0.15, 0.2) is 12.1 Å². The summed E-state index contributed by atoms with van der Waals surface area (Å²) in [4.78, 5) is 28.9. The zero-order valence-corrected chi connectivity index (χ0v) is 13.7. The summed E-state index contributed by atoms with van der Waals surface area (Å²) in [6.07, 6.45) is 4.80. The molecule has 4 N–H and O–H groups in total. The molecular formula is C17H24N4O3. The van der Waals surface area contributed by atoms with Crippen LogP contribution in [-0.4, -0.2) is 52.5 Å². The van der Waals surface area contributed by atoms with E-state index < -0.39 is 12.0 Å². The fourth-order valence-corrected chi connectivity index (χ4v) is 3.31. The molecule has 2 atom stereocenters. The van der Waals surface area contributed by atoms with E-state index >= 15 is 0 Å². The number of hydrogen-bond donors (Lipinski definition) is 3. The van der Waals surface area contributed by atoms with E-state index in [1.807, 2.05) is 0 Å². The van der Waals surface area contributed by atoms with Crippen LogP contribution in [0, 0.1) is 5.92 Å². The Kier molecular flexibility index (Phi) is 4.99. The number of rotatable bonds is 7. The zero-order valence-electron chi connectivity index (χ0n) is 13.7. The molecule has 3 heterocycles. The van der Waals surface area contributed by atoms with Crippen molar-refractivity contribution in [2.75, 3.05) is 25.0 Å². The summed E-state index contributed by atoms with van der Waals surface area (Å²) >= 11 is 0. The van der Waals surface area contributed by atoms with Crippen molar-refractivity contribution in [3.8, 4) is 0 Å². The van der Waals surface area contributed by atoms with Crippen molar-refractivity contribution in [1.82, 2.24) is 9.88 Å². The second-order valence-corrected chi connectivity index (χ2v) is 6.62. The zero-order chi connectivity index (χ0) is 17.1. The second kappa shape index (κ2) is 7.17. The van der Waals surface area contributed by atoms with Crippen molar-refractivity contribution in [3.05, 3.63) is 23.4 Å².